The molecule has 0 nitrogen and oxygen atoms in total. The lowest BCUT2D eigenvalue weighted by molar-refractivity contribution is -0.0140. The molecule has 0 saturated heterocycles. The van der Waals surface area contributed by atoms with Crippen LogP contribution in [-0.2, 0) is 12.3 Å². The highest BCUT2D eigenvalue weighted by Crippen LogP contribution is 2.33. The standard InChI is InChI=1S/C12H15ClF2/c1-2-7-12(14,15)11-5-3-4-10(9-11)6-8-13/h3-5,9H,2,6-8H2,1H3. The summed E-state index contributed by atoms with van der Waals surface area (Å²) < 4.78 is 27.1. The van der Waals surface area contributed by atoms with Crippen molar-refractivity contribution in [3.8, 4) is 0 Å². The SMILES string of the molecule is CCCC(F)(F)c1cccc(CCCl)c1. The Bertz CT molecular complexity index is 310. The summed E-state index contributed by atoms with van der Waals surface area (Å²) in [6.07, 6.45) is 1.02. The Morgan fingerprint density at radius 1 is 1.33 bits per heavy atom. The summed E-state index contributed by atoms with van der Waals surface area (Å²) in [6, 6.07) is 6.53. The topological polar surface area (TPSA) is 0 Å². The Hall–Kier alpha value is -0.630. The number of benzene rings is 1. The smallest absolute Gasteiger partial charge is 0.201 e. The van der Waals surface area contributed by atoms with Crippen molar-refractivity contribution in [2.24, 2.45) is 0 Å². The van der Waals surface area contributed by atoms with E-state index in [0.29, 0.717) is 18.7 Å². The van der Waals surface area contributed by atoms with Crippen molar-refractivity contribution in [1.29, 1.82) is 0 Å². The number of hydrogen-bond donors (Lipinski definition) is 0. The van der Waals surface area contributed by atoms with Crippen LogP contribution in [0.3, 0.4) is 0 Å². The molecule has 0 atom stereocenters. The van der Waals surface area contributed by atoms with Crippen LogP contribution in [-0.4, -0.2) is 5.88 Å². The van der Waals surface area contributed by atoms with Gasteiger partial charge in [0.05, 0.1) is 0 Å². The Morgan fingerprint density at radius 3 is 2.67 bits per heavy atom. The van der Waals surface area contributed by atoms with Crippen LogP contribution >= 0.6 is 11.6 Å². The molecule has 0 aliphatic heterocycles. The van der Waals surface area contributed by atoms with Crippen molar-refractivity contribution in [2.45, 2.75) is 32.1 Å². The fourth-order valence-electron chi connectivity index (χ4n) is 1.52. The van der Waals surface area contributed by atoms with E-state index in [1.54, 1.807) is 19.1 Å². The van der Waals surface area contributed by atoms with Crippen molar-refractivity contribution in [3.63, 3.8) is 0 Å². The van der Waals surface area contributed by atoms with Crippen LogP contribution in [0, 0.1) is 0 Å². The summed E-state index contributed by atoms with van der Waals surface area (Å²) in [5, 5.41) is 0. The number of aryl methyl sites for hydroxylation is 1. The second-order valence-corrected chi connectivity index (χ2v) is 3.97. The molecular formula is C12H15ClF2. The predicted octanol–water partition coefficient (Wildman–Crippen LogP) is 4.36. The van der Waals surface area contributed by atoms with E-state index in [1.807, 2.05) is 6.07 Å². The Kier molecular flexibility index (Phi) is 4.52. The summed E-state index contributed by atoms with van der Waals surface area (Å²) >= 11 is 5.58. The maximum atomic E-state index is 13.5. The molecule has 15 heavy (non-hydrogen) atoms. The van der Waals surface area contributed by atoms with Gasteiger partial charge in [0.25, 0.3) is 5.92 Å². The van der Waals surface area contributed by atoms with E-state index in [2.05, 4.69) is 0 Å². The minimum Gasteiger partial charge on any atom is -0.201 e. The lowest BCUT2D eigenvalue weighted by atomic mass is 10.0. The van der Waals surface area contributed by atoms with Gasteiger partial charge >= 0.3 is 0 Å². The highest BCUT2D eigenvalue weighted by atomic mass is 35.5. The van der Waals surface area contributed by atoms with Crippen LogP contribution < -0.4 is 0 Å². The first-order valence-corrected chi connectivity index (χ1v) is 5.67. The second-order valence-electron chi connectivity index (χ2n) is 3.59. The Balaban J connectivity index is 2.88. The third kappa shape index (κ3) is 3.45. The zero-order chi connectivity index (χ0) is 11.3. The molecule has 0 unspecified atom stereocenters. The van der Waals surface area contributed by atoms with Crippen molar-refractivity contribution in [2.75, 3.05) is 5.88 Å². The molecule has 1 rings (SSSR count). The number of halogens is 3. The summed E-state index contributed by atoms with van der Waals surface area (Å²) in [5.41, 5.74) is 0.977. The molecule has 3 heteroatoms. The van der Waals surface area contributed by atoms with Crippen LogP contribution in [0.15, 0.2) is 24.3 Å². The molecule has 0 radical (unpaired) electrons. The number of hydrogen-bond acceptors (Lipinski definition) is 0. The van der Waals surface area contributed by atoms with Crippen LogP contribution in [0.25, 0.3) is 0 Å². The van der Waals surface area contributed by atoms with Crippen molar-refractivity contribution >= 4 is 11.6 Å². The summed E-state index contributed by atoms with van der Waals surface area (Å²) in [4.78, 5) is 0. The van der Waals surface area contributed by atoms with E-state index in [-0.39, 0.29) is 12.0 Å². The largest absolute Gasteiger partial charge is 0.273 e. The van der Waals surface area contributed by atoms with Crippen LogP contribution in [0.2, 0.25) is 0 Å². The Labute approximate surface area is 94.3 Å². The minimum absolute atomic E-state index is 0.0999. The second kappa shape index (κ2) is 5.45. The zero-order valence-electron chi connectivity index (χ0n) is 8.77. The maximum Gasteiger partial charge on any atom is 0.273 e. The Morgan fingerprint density at radius 2 is 2.07 bits per heavy atom. The van der Waals surface area contributed by atoms with E-state index >= 15 is 0 Å². The fraction of sp³-hybridized carbons (Fsp3) is 0.500. The van der Waals surface area contributed by atoms with E-state index in [4.69, 9.17) is 11.6 Å². The lowest BCUT2D eigenvalue weighted by Gasteiger charge is -2.16. The van der Waals surface area contributed by atoms with Gasteiger partial charge < -0.3 is 0 Å². The van der Waals surface area contributed by atoms with Gasteiger partial charge in [0, 0.05) is 17.9 Å². The average molecular weight is 233 g/mol. The van der Waals surface area contributed by atoms with Crippen LogP contribution in [0.1, 0.15) is 30.9 Å². The lowest BCUT2D eigenvalue weighted by Crippen LogP contribution is -2.13. The van der Waals surface area contributed by atoms with E-state index < -0.39 is 5.92 Å². The van der Waals surface area contributed by atoms with E-state index in [0.717, 1.165) is 5.56 Å². The van der Waals surface area contributed by atoms with E-state index in [9.17, 15) is 8.78 Å². The molecule has 0 spiro atoms. The minimum atomic E-state index is -2.71. The average Bonchev–Trinajstić information content (AvgIpc) is 2.19. The molecule has 1 aromatic carbocycles. The molecule has 84 valence electrons. The van der Waals surface area contributed by atoms with Gasteiger partial charge in [-0.05, 0) is 18.1 Å². The molecule has 0 amide bonds. The molecule has 0 aliphatic rings. The molecule has 0 heterocycles. The van der Waals surface area contributed by atoms with Crippen molar-refractivity contribution < 1.29 is 8.78 Å². The third-order valence-corrected chi connectivity index (χ3v) is 2.49. The summed E-state index contributed by atoms with van der Waals surface area (Å²) in [6.45, 7) is 1.76. The zero-order valence-corrected chi connectivity index (χ0v) is 9.53. The molecule has 0 N–H and O–H groups in total. The fourth-order valence-corrected chi connectivity index (χ4v) is 1.74. The molecule has 0 fully saturated rings. The van der Waals surface area contributed by atoms with Gasteiger partial charge in [-0.25, -0.2) is 8.78 Å². The monoisotopic (exact) mass is 232 g/mol. The molecule has 0 aromatic heterocycles. The molecule has 1 aromatic rings. The first-order chi connectivity index (χ1) is 7.10. The third-order valence-electron chi connectivity index (χ3n) is 2.30. The molecule has 0 bridgehead atoms. The van der Waals surface area contributed by atoms with Gasteiger partial charge in [0.2, 0.25) is 0 Å². The van der Waals surface area contributed by atoms with Crippen LogP contribution in [0.4, 0.5) is 8.78 Å². The highest BCUT2D eigenvalue weighted by Gasteiger charge is 2.29. The van der Waals surface area contributed by atoms with Crippen molar-refractivity contribution in [1.82, 2.24) is 0 Å². The van der Waals surface area contributed by atoms with Gasteiger partial charge in [-0.3, -0.25) is 0 Å². The quantitative estimate of drug-likeness (QED) is 0.662. The molecule has 0 aliphatic carbocycles. The maximum absolute atomic E-state index is 13.5. The first-order valence-electron chi connectivity index (χ1n) is 5.13. The predicted molar refractivity (Wildman–Crippen MR) is 59.7 cm³/mol. The number of rotatable bonds is 5. The number of alkyl halides is 3. The molecule has 0 saturated carbocycles. The van der Waals surface area contributed by atoms with Crippen molar-refractivity contribution in [3.05, 3.63) is 35.4 Å². The van der Waals surface area contributed by atoms with Gasteiger partial charge in [0.1, 0.15) is 0 Å². The van der Waals surface area contributed by atoms with Gasteiger partial charge in [-0.2, -0.15) is 0 Å². The summed E-state index contributed by atoms with van der Waals surface area (Å²) in [5.74, 6) is -2.25. The normalized spacial score (nSPS) is 11.7. The van der Waals surface area contributed by atoms with Gasteiger partial charge in [-0.15, -0.1) is 11.6 Å². The van der Waals surface area contributed by atoms with Gasteiger partial charge in [-0.1, -0.05) is 31.5 Å². The van der Waals surface area contributed by atoms with Crippen LogP contribution in [0.5, 0.6) is 0 Å². The van der Waals surface area contributed by atoms with E-state index in [1.165, 1.54) is 6.07 Å². The highest BCUT2D eigenvalue weighted by molar-refractivity contribution is 6.17. The van der Waals surface area contributed by atoms with Gasteiger partial charge in [0.15, 0.2) is 0 Å². The summed E-state index contributed by atoms with van der Waals surface area (Å²) in [7, 11) is 0. The first kappa shape index (κ1) is 12.4. The molecular weight excluding hydrogens is 218 g/mol.